The maximum atomic E-state index is 12.2. The molecule has 5 nitrogen and oxygen atoms in total. The van der Waals surface area contributed by atoms with E-state index in [1.54, 1.807) is 19.2 Å². The van der Waals surface area contributed by atoms with Gasteiger partial charge in [-0.3, -0.25) is 10.1 Å². The number of amides is 1. The summed E-state index contributed by atoms with van der Waals surface area (Å²) in [6.45, 7) is 3.37. The summed E-state index contributed by atoms with van der Waals surface area (Å²) < 4.78 is 11.2. The van der Waals surface area contributed by atoms with Crippen LogP contribution in [0.4, 0.5) is 0 Å². The number of benzene rings is 1. The van der Waals surface area contributed by atoms with Crippen LogP contribution in [-0.2, 0) is 4.74 Å². The number of nitrogens with one attached hydrogen (secondary N) is 2. The van der Waals surface area contributed by atoms with Crippen molar-refractivity contribution in [2.45, 2.75) is 6.92 Å². The normalized spacial score (nSPS) is 9.95. The van der Waals surface area contributed by atoms with Crippen LogP contribution in [0.25, 0.3) is 0 Å². The van der Waals surface area contributed by atoms with E-state index in [1.165, 1.54) is 0 Å². The average Bonchev–Trinajstić information content (AvgIpc) is 2.40. The van der Waals surface area contributed by atoms with Crippen LogP contribution < -0.4 is 15.4 Å². The molecule has 0 unspecified atom stereocenters. The molecule has 110 valence electrons. The van der Waals surface area contributed by atoms with Crippen molar-refractivity contribution in [1.82, 2.24) is 10.6 Å². The summed E-state index contributed by atoms with van der Waals surface area (Å²) in [4.78, 5) is 12.2. The molecule has 0 aliphatic rings. The Morgan fingerprint density at radius 1 is 1.40 bits per heavy atom. The van der Waals surface area contributed by atoms with Gasteiger partial charge in [0, 0.05) is 18.1 Å². The zero-order chi connectivity index (χ0) is 15.0. The lowest BCUT2D eigenvalue weighted by Gasteiger charge is -2.12. The van der Waals surface area contributed by atoms with E-state index in [0.29, 0.717) is 36.2 Å². The van der Waals surface area contributed by atoms with Crippen LogP contribution in [0.5, 0.6) is 5.75 Å². The van der Waals surface area contributed by atoms with E-state index in [9.17, 15) is 4.79 Å². The first-order valence-corrected chi connectivity index (χ1v) is 7.29. The maximum Gasteiger partial charge on any atom is 0.261 e. The van der Waals surface area contributed by atoms with E-state index in [2.05, 4.69) is 26.6 Å². The van der Waals surface area contributed by atoms with Crippen LogP contribution in [0, 0.1) is 0 Å². The van der Waals surface area contributed by atoms with E-state index >= 15 is 0 Å². The third-order valence-corrected chi connectivity index (χ3v) is 3.04. The number of halogens is 1. The number of hydrogen-bond donors (Lipinski definition) is 2. The molecule has 0 aliphatic carbocycles. The van der Waals surface area contributed by atoms with E-state index in [-0.39, 0.29) is 5.91 Å². The smallest absolute Gasteiger partial charge is 0.261 e. The maximum absolute atomic E-state index is 12.2. The predicted molar refractivity (Wildman–Crippen MR) is 85.3 cm³/mol. The van der Waals surface area contributed by atoms with Gasteiger partial charge in [0.25, 0.3) is 5.91 Å². The minimum atomic E-state index is -0.315. The molecule has 2 N–H and O–H groups in total. The summed E-state index contributed by atoms with van der Waals surface area (Å²) in [5.74, 6) is 0.173. The molecule has 1 aromatic rings. The lowest BCUT2D eigenvalue weighted by Crippen LogP contribution is -2.39. The molecule has 0 radical (unpaired) electrons. The van der Waals surface area contributed by atoms with Gasteiger partial charge in [0.05, 0.1) is 12.2 Å². The molecule has 0 atom stereocenters. The SMILES string of the molecule is CCNC(=S)NC(=O)c1cc(Br)ccc1OCCOC. The Morgan fingerprint density at radius 3 is 2.80 bits per heavy atom. The number of carbonyl (C=O) groups is 1. The minimum absolute atomic E-state index is 0.292. The second kappa shape index (κ2) is 8.89. The Kier molecular flexibility index (Phi) is 7.50. The van der Waals surface area contributed by atoms with Gasteiger partial charge in [0.15, 0.2) is 5.11 Å². The van der Waals surface area contributed by atoms with Crippen molar-refractivity contribution in [3.05, 3.63) is 28.2 Å². The topological polar surface area (TPSA) is 59.6 Å². The zero-order valence-electron chi connectivity index (χ0n) is 11.4. The van der Waals surface area contributed by atoms with Gasteiger partial charge in [0.2, 0.25) is 0 Å². The molecule has 0 aromatic heterocycles. The molecule has 1 rings (SSSR count). The standard InChI is InChI=1S/C13H17BrN2O3S/c1-3-15-13(20)16-12(17)10-8-9(14)4-5-11(10)19-7-6-18-2/h4-5,8H,3,6-7H2,1-2H3,(H2,15,16,17,20). The fourth-order valence-electron chi connectivity index (χ4n) is 1.42. The van der Waals surface area contributed by atoms with Crippen LogP contribution in [0.1, 0.15) is 17.3 Å². The Labute approximate surface area is 132 Å². The molecular formula is C13H17BrN2O3S. The lowest BCUT2D eigenvalue weighted by atomic mass is 10.2. The zero-order valence-corrected chi connectivity index (χ0v) is 13.8. The van der Waals surface area contributed by atoms with E-state index in [1.807, 2.05) is 13.0 Å². The fourth-order valence-corrected chi connectivity index (χ4v) is 2.01. The van der Waals surface area contributed by atoms with Crippen LogP contribution in [0.2, 0.25) is 0 Å². The molecule has 0 spiro atoms. The summed E-state index contributed by atoms with van der Waals surface area (Å²) in [6, 6.07) is 5.22. The van der Waals surface area contributed by atoms with E-state index in [4.69, 9.17) is 21.7 Å². The lowest BCUT2D eigenvalue weighted by molar-refractivity contribution is 0.0968. The Hall–Kier alpha value is -1.18. The van der Waals surface area contributed by atoms with Gasteiger partial charge >= 0.3 is 0 Å². The molecule has 0 fully saturated rings. The van der Waals surface area contributed by atoms with Gasteiger partial charge in [-0.05, 0) is 37.3 Å². The third-order valence-electron chi connectivity index (χ3n) is 2.30. The Balaban J connectivity index is 2.82. The number of methoxy groups -OCH3 is 1. The summed E-state index contributed by atoms with van der Waals surface area (Å²) >= 11 is 8.33. The largest absolute Gasteiger partial charge is 0.490 e. The van der Waals surface area contributed by atoms with Gasteiger partial charge in [-0.1, -0.05) is 15.9 Å². The Bertz CT molecular complexity index is 483. The average molecular weight is 361 g/mol. The van der Waals surface area contributed by atoms with Crippen LogP contribution >= 0.6 is 28.1 Å². The number of hydrogen-bond acceptors (Lipinski definition) is 4. The van der Waals surface area contributed by atoms with Gasteiger partial charge in [-0.2, -0.15) is 0 Å². The monoisotopic (exact) mass is 360 g/mol. The first-order chi connectivity index (χ1) is 9.58. The molecule has 1 amide bonds. The third kappa shape index (κ3) is 5.44. The fraction of sp³-hybridized carbons (Fsp3) is 0.385. The number of carbonyl (C=O) groups excluding carboxylic acids is 1. The van der Waals surface area contributed by atoms with Crippen molar-refractivity contribution >= 4 is 39.2 Å². The molecule has 0 bridgehead atoms. The van der Waals surface area contributed by atoms with E-state index in [0.717, 1.165) is 4.47 Å². The quantitative estimate of drug-likeness (QED) is 0.600. The number of ether oxygens (including phenoxy) is 2. The van der Waals surface area contributed by atoms with Crippen molar-refractivity contribution in [2.75, 3.05) is 26.9 Å². The van der Waals surface area contributed by atoms with Gasteiger partial charge in [0.1, 0.15) is 12.4 Å². The van der Waals surface area contributed by atoms with Crippen LogP contribution in [0.3, 0.4) is 0 Å². The van der Waals surface area contributed by atoms with Crippen LogP contribution in [-0.4, -0.2) is 37.9 Å². The molecule has 7 heteroatoms. The summed E-state index contributed by atoms with van der Waals surface area (Å²) in [5, 5.41) is 5.76. The highest BCUT2D eigenvalue weighted by molar-refractivity contribution is 9.10. The molecule has 1 aromatic carbocycles. The molecule has 0 saturated carbocycles. The summed E-state index contributed by atoms with van der Waals surface area (Å²) in [6.07, 6.45) is 0. The molecule has 0 heterocycles. The molecular weight excluding hydrogens is 344 g/mol. The Morgan fingerprint density at radius 2 is 2.15 bits per heavy atom. The van der Waals surface area contributed by atoms with Gasteiger partial charge < -0.3 is 14.8 Å². The van der Waals surface area contributed by atoms with Gasteiger partial charge in [-0.15, -0.1) is 0 Å². The molecule has 0 saturated heterocycles. The van der Waals surface area contributed by atoms with Crippen molar-refractivity contribution in [3.63, 3.8) is 0 Å². The van der Waals surface area contributed by atoms with Crippen molar-refractivity contribution in [3.8, 4) is 5.75 Å². The highest BCUT2D eigenvalue weighted by Gasteiger charge is 2.14. The van der Waals surface area contributed by atoms with E-state index < -0.39 is 0 Å². The number of thiocarbonyl (C=S) groups is 1. The minimum Gasteiger partial charge on any atom is -0.490 e. The van der Waals surface area contributed by atoms with Crippen molar-refractivity contribution in [1.29, 1.82) is 0 Å². The van der Waals surface area contributed by atoms with Crippen molar-refractivity contribution < 1.29 is 14.3 Å². The first-order valence-electron chi connectivity index (χ1n) is 6.09. The summed E-state index contributed by atoms with van der Waals surface area (Å²) in [7, 11) is 1.59. The molecule has 0 aliphatic heterocycles. The first kappa shape index (κ1) is 16.9. The highest BCUT2D eigenvalue weighted by Crippen LogP contribution is 2.23. The second-order valence-electron chi connectivity index (χ2n) is 3.80. The number of rotatable bonds is 6. The summed E-state index contributed by atoms with van der Waals surface area (Å²) in [5.41, 5.74) is 0.413. The predicted octanol–water partition coefficient (Wildman–Crippen LogP) is 2.10. The highest BCUT2D eigenvalue weighted by atomic mass is 79.9. The van der Waals surface area contributed by atoms with Crippen LogP contribution in [0.15, 0.2) is 22.7 Å². The second-order valence-corrected chi connectivity index (χ2v) is 5.12. The molecule has 20 heavy (non-hydrogen) atoms. The van der Waals surface area contributed by atoms with Gasteiger partial charge in [-0.25, -0.2) is 0 Å². The van der Waals surface area contributed by atoms with Crippen molar-refractivity contribution in [2.24, 2.45) is 0 Å².